The summed E-state index contributed by atoms with van der Waals surface area (Å²) in [6.45, 7) is 1.39. The van der Waals surface area contributed by atoms with Crippen molar-refractivity contribution in [2.24, 2.45) is 0 Å². The van der Waals surface area contributed by atoms with E-state index in [0.29, 0.717) is 16.7 Å². The SMILES string of the molecule is CCN(CC(=O)Nc1ccccc1C(F)(F)F)C(=O)c1ccccc1-c1ccccc1C#N. The van der Waals surface area contributed by atoms with Gasteiger partial charge in [-0.2, -0.15) is 18.4 Å². The molecule has 0 aromatic heterocycles. The molecule has 8 heteroatoms. The smallest absolute Gasteiger partial charge is 0.330 e. The first-order valence-corrected chi connectivity index (χ1v) is 10.1. The molecule has 1 N–H and O–H groups in total. The van der Waals surface area contributed by atoms with E-state index in [1.807, 2.05) is 0 Å². The molecule has 0 atom stereocenters. The fraction of sp³-hybridized carbons (Fsp3) is 0.160. The molecule has 168 valence electrons. The van der Waals surface area contributed by atoms with Crippen LogP contribution in [0.15, 0.2) is 72.8 Å². The number of nitrogens with one attached hydrogen (secondary N) is 1. The van der Waals surface area contributed by atoms with Crippen molar-refractivity contribution in [3.05, 3.63) is 89.5 Å². The van der Waals surface area contributed by atoms with E-state index in [4.69, 9.17) is 0 Å². The van der Waals surface area contributed by atoms with Crippen molar-refractivity contribution in [3.63, 3.8) is 0 Å². The predicted octanol–water partition coefficient (Wildman–Crippen LogP) is 5.34. The van der Waals surface area contributed by atoms with Crippen molar-refractivity contribution in [1.82, 2.24) is 4.90 Å². The Bertz CT molecular complexity index is 1220. The molecule has 5 nitrogen and oxygen atoms in total. The van der Waals surface area contributed by atoms with Gasteiger partial charge in [-0.3, -0.25) is 9.59 Å². The van der Waals surface area contributed by atoms with Gasteiger partial charge in [-0.25, -0.2) is 0 Å². The number of nitrogens with zero attached hydrogens (tertiary/aromatic N) is 2. The molecule has 3 aromatic rings. The Balaban J connectivity index is 1.86. The summed E-state index contributed by atoms with van der Waals surface area (Å²) in [6.07, 6.45) is -4.63. The van der Waals surface area contributed by atoms with E-state index in [1.165, 1.54) is 17.0 Å². The molecule has 0 saturated heterocycles. The monoisotopic (exact) mass is 451 g/mol. The summed E-state index contributed by atoms with van der Waals surface area (Å²) in [6, 6.07) is 20.3. The van der Waals surface area contributed by atoms with Crippen LogP contribution in [0.1, 0.15) is 28.4 Å². The van der Waals surface area contributed by atoms with E-state index in [0.717, 1.165) is 12.1 Å². The van der Waals surface area contributed by atoms with Crippen LogP contribution in [0.2, 0.25) is 0 Å². The molecule has 0 aliphatic rings. The third kappa shape index (κ3) is 5.39. The van der Waals surface area contributed by atoms with Crippen LogP contribution >= 0.6 is 0 Å². The Morgan fingerprint density at radius 3 is 2.21 bits per heavy atom. The predicted molar refractivity (Wildman–Crippen MR) is 118 cm³/mol. The molecule has 0 aliphatic heterocycles. The summed E-state index contributed by atoms with van der Waals surface area (Å²) in [4.78, 5) is 27.0. The van der Waals surface area contributed by atoms with E-state index in [1.54, 1.807) is 55.5 Å². The molecule has 0 aliphatic carbocycles. The number of carbonyl (C=O) groups is 2. The number of alkyl halides is 3. The third-order valence-electron chi connectivity index (χ3n) is 5.01. The number of para-hydroxylation sites is 1. The van der Waals surface area contributed by atoms with Crippen LogP contribution in [-0.4, -0.2) is 29.8 Å². The molecule has 0 bridgehead atoms. The van der Waals surface area contributed by atoms with Crippen LogP contribution in [0.4, 0.5) is 18.9 Å². The third-order valence-corrected chi connectivity index (χ3v) is 5.01. The number of rotatable bonds is 6. The zero-order chi connectivity index (χ0) is 24.0. The Morgan fingerprint density at radius 2 is 1.55 bits per heavy atom. The highest BCUT2D eigenvalue weighted by Crippen LogP contribution is 2.34. The lowest BCUT2D eigenvalue weighted by Gasteiger charge is -2.22. The number of carbonyl (C=O) groups excluding carboxylic acids is 2. The molecular formula is C25H20F3N3O2. The molecule has 3 rings (SSSR count). The number of amides is 2. The lowest BCUT2D eigenvalue weighted by molar-refractivity contribution is -0.137. The summed E-state index contributed by atoms with van der Waals surface area (Å²) in [5, 5.41) is 11.7. The highest BCUT2D eigenvalue weighted by molar-refractivity contribution is 6.04. The van der Waals surface area contributed by atoms with Gasteiger partial charge in [0.2, 0.25) is 5.91 Å². The van der Waals surface area contributed by atoms with E-state index in [-0.39, 0.29) is 17.8 Å². The maximum Gasteiger partial charge on any atom is 0.418 e. The minimum Gasteiger partial charge on any atom is -0.330 e. The maximum absolute atomic E-state index is 13.3. The van der Waals surface area contributed by atoms with Crippen molar-refractivity contribution in [1.29, 1.82) is 5.26 Å². The number of halogens is 3. The number of hydrogen-bond acceptors (Lipinski definition) is 3. The van der Waals surface area contributed by atoms with Crippen molar-refractivity contribution in [3.8, 4) is 17.2 Å². The first-order valence-electron chi connectivity index (χ1n) is 10.1. The number of nitriles is 1. The van der Waals surface area contributed by atoms with Gasteiger partial charge in [0.05, 0.1) is 22.9 Å². The van der Waals surface area contributed by atoms with Crippen LogP contribution in [-0.2, 0) is 11.0 Å². The first kappa shape index (κ1) is 23.5. The quantitative estimate of drug-likeness (QED) is 0.550. The molecule has 33 heavy (non-hydrogen) atoms. The molecule has 2 amide bonds. The topological polar surface area (TPSA) is 73.2 Å². The summed E-state index contributed by atoms with van der Waals surface area (Å²) >= 11 is 0. The summed E-state index contributed by atoms with van der Waals surface area (Å²) in [7, 11) is 0. The Hall–Kier alpha value is -4.12. The van der Waals surface area contributed by atoms with Gasteiger partial charge in [0.1, 0.15) is 6.54 Å². The molecule has 0 radical (unpaired) electrons. The van der Waals surface area contributed by atoms with Gasteiger partial charge in [-0.1, -0.05) is 48.5 Å². The Kier molecular flexibility index (Phi) is 7.13. The molecule has 0 spiro atoms. The molecule has 0 unspecified atom stereocenters. The Morgan fingerprint density at radius 1 is 0.939 bits per heavy atom. The van der Waals surface area contributed by atoms with Crippen LogP contribution < -0.4 is 5.32 Å². The second kappa shape index (κ2) is 10.0. The molecule has 0 fully saturated rings. The van der Waals surface area contributed by atoms with Gasteiger partial charge in [-0.05, 0) is 36.8 Å². The Labute approximate surface area is 189 Å². The van der Waals surface area contributed by atoms with Gasteiger partial charge in [0.25, 0.3) is 5.91 Å². The van der Waals surface area contributed by atoms with Crippen molar-refractivity contribution < 1.29 is 22.8 Å². The molecule has 0 saturated carbocycles. The van der Waals surface area contributed by atoms with Crippen LogP contribution in [0.3, 0.4) is 0 Å². The van der Waals surface area contributed by atoms with Crippen molar-refractivity contribution in [2.45, 2.75) is 13.1 Å². The van der Waals surface area contributed by atoms with Gasteiger partial charge < -0.3 is 10.2 Å². The zero-order valence-electron chi connectivity index (χ0n) is 17.7. The molecule has 0 heterocycles. The average Bonchev–Trinajstić information content (AvgIpc) is 2.81. The minimum atomic E-state index is -4.63. The van der Waals surface area contributed by atoms with Crippen molar-refractivity contribution >= 4 is 17.5 Å². The van der Waals surface area contributed by atoms with E-state index < -0.39 is 30.1 Å². The van der Waals surface area contributed by atoms with E-state index >= 15 is 0 Å². The van der Waals surface area contributed by atoms with Crippen LogP contribution in [0.5, 0.6) is 0 Å². The van der Waals surface area contributed by atoms with Gasteiger partial charge in [-0.15, -0.1) is 0 Å². The normalized spacial score (nSPS) is 10.9. The number of anilines is 1. The largest absolute Gasteiger partial charge is 0.418 e. The van der Waals surface area contributed by atoms with Crippen molar-refractivity contribution in [2.75, 3.05) is 18.4 Å². The fourth-order valence-electron chi connectivity index (χ4n) is 3.42. The minimum absolute atomic E-state index is 0.154. The number of benzene rings is 3. The second-order valence-corrected chi connectivity index (χ2v) is 7.11. The number of likely N-dealkylation sites (N-methyl/N-ethyl adjacent to an activating group) is 1. The van der Waals surface area contributed by atoms with Gasteiger partial charge in [0, 0.05) is 17.7 Å². The summed E-state index contributed by atoms with van der Waals surface area (Å²) < 4.78 is 39.6. The van der Waals surface area contributed by atoms with Gasteiger partial charge >= 0.3 is 6.18 Å². The molecule has 3 aromatic carbocycles. The second-order valence-electron chi connectivity index (χ2n) is 7.11. The fourth-order valence-corrected chi connectivity index (χ4v) is 3.42. The highest BCUT2D eigenvalue weighted by atomic mass is 19.4. The van der Waals surface area contributed by atoms with E-state index in [2.05, 4.69) is 11.4 Å². The summed E-state index contributed by atoms with van der Waals surface area (Å²) in [5.74, 6) is -1.23. The number of hydrogen-bond donors (Lipinski definition) is 1. The van der Waals surface area contributed by atoms with Gasteiger partial charge in [0.15, 0.2) is 0 Å². The standard InChI is InChI=1S/C25H20F3N3O2/c1-2-31(16-23(32)30-22-14-8-7-13-21(22)25(26,27)28)24(33)20-12-6-5-11-19(20)18-10-4-3-9-17(18)15-29/h3-14H,2,16H2,1H3,(H,30,32). The van der Waals surface area contributed by atoms with Crippen LogP contribution in [0, 0.1) is 11.3 Å². The summed E-state index contributed by atoms with van der Waals surface area (Å²) in [5.41, 5.74) is 0.436. The molecular weight excluding hydrogens is 431 g/mol. The maximum atomic E-state index is 13.3. The lowest BCUT2D eigenvalue weighted by atomic mass is 9.95. The lowest BCUT2D eigenvalue weighted by Crippen LogP contribution is -2.38. The highest BCUT2D eigenvalue weighted by Gasteiger charge is 2.33. The average molecular weight is 451 g/mol. The first-order chi connectivity index (χ1) is 15.8. The van der Waals surface area contributed by atoms with E-state index in [9.17, 15) is 28.0 Å². The van der Waals surface area contributed by atoms with Crippen LogP contribution in [0.25, 0.3) is 11.1 Å². The zero-order valence-corrected chi connectivity index (χ0v) is 17.7.